The molecule has 0 spiro atoms. The van der Waals surface area contributed by atoms with E-state index in [1.165, 1.54) is 37.3 Å². The molecule has 0 saturated heterocycles. The molecule has 0 atom stereocenters. The summed E-state index contributed by atoms with van der Waals surface area (Å²) < 4.78 is 5.84. The first-order valence-corrected chi connectivity index (χ1v) is 9.50. The Hall–Kier alpha value is -3.36. The summed E-state index contributed by atoms with van der Waals surface area (Å²) in [5, 5.41) is 3.51. The standard InChI is InChI=1S/C20H25N5O4/c1-24(16-6-4-3-5-7-16)19(26)25-12-17(22-13-25)14-8-10-15(11-9-14)18(21)23-29-20(27)28-2/h8-13,16H,3-7H2,1-2H3,(H2,21,23). The van der Waals surface area contributed by atoms with Gasteiger partial charge >= 0.3 is 12.2 Å². The number of methoxy groups -OCH3 is 1. The van der Waals surface area contributed by atoms with Crippen molar-refractivity contribution in [2.45, 2.75) is 38.1 Å². The quantitative estimate of drug-likeness (QED) is 0.278. The molecule has 0 radical (unpaired) electrons. The van der Waals surface area contributed by atoms with E-state index in [0.29, 0.717) is 11.3 Å². The van der Waals surface area contributed by atoms with E-state index in [2.05, 4.69) is 19.7 Å². The molecule has 29 heavy (non-hydrogen) atoms. The van der Waals surface area contributed by atoms with E-state index in [-0.39, 0.29) is 17.9 Å². The summed E-state index contributed by atoms with van der Waals surface area (Å²) in [6, 6.07) is 7.27. The fourth-order valence-electron chi connectivity index (χ4n) is 3.37. The second-order valence-corrected chi connectivity index (χ2v) is 6.95. The van der Waals surface area contributed by atoms with Crippen LogP contribution in [0.15, 0.2) is 41.9 Å². The van der Waals surface area contributed by atoms with Crippen molar-refractivity contribution in [2.24, 2.45) is 10.9 Å². The topological polar surface area (TPSA) is 112 Å². The van der Waals surface area contributed by atoms with Crippen LogP contribution in [0.25, 0.3) is 11.3 Å². The van der Waals surface area contributed by atoms with E-state index in [9.17, 15) is 9.59 Å². The van der Waals surface area contributed by atoms with Crippen molar-refractivity contribution < 1.29 is 19.2 Å². The minimum atomic E-state index is -0.946. The molecule has 0 unspecified atom stereocenters. The number of amides is 1. The van der Waals surface area contributed by atoms with Gasteiger partial charge in [0.2, 0.25) is 0 Å². The van der Waals surface area contributed by atoms with Gasteiger partial charge in [0.1, 0.15) is 6.33 Å². The second-order valence-electron chi connectivity index (χ2n) is 6.95. The number of hydrogen-bond donors (Lipinski definition) is 1. The molecule has 0 bridgehead atoms. The summed E-state index contributed by atoms with van der Waals surface area (Å²) in [6.45, 7) is 0. The highest BCUT2D eigenvalue weighted by Crippen LogP contribution is 2.23. The monoisotopic (exact) mass is 399 g/mol. The fraction of sp³-hybridized carbons (Fsp3) is 0.400. The smallest absolute Gasteiger partial charge is 0.436 e. The summed E-state index contributed by atoms with van der Waals surface area (Å²) >= 11 is 0. The number of carbonyl (C=O) groups excluding carboxylic acids is 2. The zero-order valence-electron chi connectivity index (χ0n) is 16.6. The van der Waals surface area contributed by atoms with E-state index in [1.54, 1.807) is 30.5 Å². The third-order valence-corrected chi connectivity index (χ3v) is 5.09. The molecule has 1 aliphatic rings. The van der Waals surface area contributed by atoms with Crippen LogP contribution in [-0.4, -0.2) is 52.7 Å². The van der Waals surface area contributed by atoms with Crippen molar-refractivity contribution in [2.75, 3.05) is 14.2 Å². The Morgan fingerprint density at radius 2 is 1.90 bits per heavy atom. The van der Waals surface area contributed by atoms with E-state index in [4.69, 9.17) is 5.73 Å². The maximum absolute atomic E-state index is 12.7. The first-order chi connectivity index (χ1) is 14.0. The van der Waals surface area contributed by atoms with Gasteiger partial charge in [0, 0.05) is 30.4 Å². The first kappa shape index (κ1) is 20.4. The number of ether oxygens (including phenoxy) is 1. The van der Waals surface area contributed by atoms with E-state index in [1.807, 2.05) is 11.9 Å². The van der Waals surface area contributed by atoms with E-state index in [0.717, 1.165) is 18.4 Å². The number of aromatic nitrogens is 2. The molecular formula is C20H25N5O4. The highest BCUT2D eigenvalue weighted by molar-refractivity contribution is 5.97. The Bertz CT molecular complexity index is 885. The van der Waals surface area contributed by atoms with Gasteiger partial charge in [0.25, 0.3) is 0 Å². The second kappa shape index (κ2) is 9.22. The summed E-state index contributed by atoms with van der Waals surface area (Å²) in [5.74, 6) is 0.0387. The minimum absolute atomic E-state index is 0.0387. The molecule has 1 saturated carbocycles. The normalized spacial score (nSPS) is 15.0. The van der Waals surface area contributed by atoms with Crippen LogP contribution in [0, 0.1) is 0 Å². The van der Waals surface area contributed by atoms with Gasteiger partial charge in [0.15, 0.2) is 5.84 Å². The van der Waals surface area contributed by atoms with Crippen molar-refractivity contribution in [3.8, 4) is 11.3 Å². The number of hydrogen-bond acceptors (Lipinski definition) is 6. The van der Waals surface area contributed by atoms with Crippen LogP contribution in [0.2, 0.25) is 0 Å². The minimum Gasteiger partial charge on any atom is -0.436 e. The lowest BCUT2D eigenvalue weighted by Gasteiger charge is -2.31. The number of oxime groups is 1. The number of imidazole rings is 1. The summed E-state index contributed by atoms with van der Waals surface area (Å²) in [5.41, 5.74) is 7.85. The molecular weight excluding hydrogens is 374 g/mol. The maximum atomic E-state index is 12.7. The Morgan fingerprint density at radius 1 is 1.21 bits per heavy atom. The Kier molecular flexibility index (Phi) is 6.48. The summed E-state index contributed by atoms with van der Waals surface area (Å²) in [6.07, 6.45) is 7.98. The van der Waals surface area contributed by atoms with Crippen LogP contribution in [0.1, 0.15) is 37.7 Å². The molecule has 1 aromatic heterocycles. The van der Waals surface area contributed by atoms with Crippen LogP contribution in [0.4, 0.5) is 9.59 Å². The first-order valence-electron chi connectivity index (χ1n) is 9.50. The van der Waals surface area contributed by atoms with Crippen LogP contribution in [0.5, 0.6) is 0 Å². The van der Waals surface area contributed by atoms with Crippen LogP contribution in [0.3, 0.4) is 0 Å². The molecule has 2 aromatic rings. The predicted octanol–water partition coefficient (Wildman–Crippen LogP) is 3.19. The molecule has 2 N–H and O–H groups in total. The molecule has 1 aromatic carbocycles. The van der Waals surface area contributed by atoms with Gasteiger partial charge in [-0.25, -0.2) is 14.6 Å². The molecule has 9 nitrogen and oxygen atoms in total. The molecule has 154 valence electrons. The molecule has 1 heterocycles. The van der Waals surface area contributed by atoms with Crippen molar-refractivity contribution in [1.82, 2.24) is 14.5 Å². The molecule has 1 fully saturated rings. The number of benzene rings is 1. The Morgan fingerprint density at radius 3 is 2.55 bits per heavy atom. The lowest BCUT2D eigenvalue weighted by molar-refractivity contribution is 0.0753. The van der Waals surface area contributed by atoms with E-state index >= 15 is 0 Å². The van der Waals surface area contributed by atoms with Gasteiger partial charge in [0.05, 0.1) is 12.8 Å². The van der Waals surface area contributed by atoms with E-state index < -0.39 is 6.16 Å². The van der Waals surface area contributed by atoms with Crippen molar-refractivity contribution in [1.29, 1.82) is 0 Å². The van der Waals surface area contributed by atoms with Gasteiger partial charge in [-0.3, -0.25) is 9.40 Å². The van der Waals surface area contributed by atoms with Crippen LogP contribution in [-0.2, 0) is 9.57 Å². The number of nitrogens with zero attached hydrogens (tertiary/aromatic N) is 4. The van der Waals surface area contributed by atoms with Crippen molar-refractivity contribution in [3.63, 3.8) is 0 Å². The van der Waals surface area contributed by atoms with Crippen LogP contribution >= 0.6 is 0 Å². The van der Waals surface area contributed by atoms with Gasteiger partial charge in [-0.2, -0.15) is 0 Å². The molecule has 9 heteroatoms. The van der Waals surface area contributed by atoms with Gasteiger partial charge in [-0.15, -0.1) is 0 Å². The van der Waals surface area contributed by atoms with Gasteiger partial charge in [-0.1, -0.05) is 48.7 Å². The maximum Gasteiger partial charge on any atom is 0.534 e. The van der Waals surface area contributed by atoms with Crippen molar-refractivity contribution in [3.05, 3.63) is 42.4 Å². The number of carbonyl (C=O) groups is 2. The average molecular weight is 399 g/mol. The highest BCUT2D eigenvalue weighted by atomic mass is 16.8. The number of nitrogens with two attached hydrogens (primary N) is 1. The average Bonchev–Trinajstić information content (AvgIpc) is 3.27. The molecule has 1 amide bonds. The summed E-state index contributed by atoms with van der Waals surface area (Å²) in [7, 11) is 3.03. The Labute approximate surface area is 169 Å². The molecule has 3 rings (SSSR count). The highest BCUT2D eigenvalue weighted by Gasteiger charge is 2.23. The largest absolute Gasteiger partial charge is 0.534 e. The van der Waals surface area contributed by atoms with Crippen LogP contribution < -0.4 is 5.73 Å². The molecule has 1 aliphatic carbocycles. The Balaban J connectivity index is 1.68. The zero-order valence-corrected chi connectivity index (χ0v) is 16.6. The fourth-order valence-corrected chi connectivity index (χ4v) is 3.37. The number of amidine groups is 1. The zero-order chi connectivity index (χ0) is 20.8. The lowest BCUT2D eigenvalue weighted by atomic mass is 9.95. The van der Waals surface area contributed by atoms with Gasteiger partial charge < -0.3 is 15.4 Å². The summed E-state index contributed by atoms with van der Waals surface area (Å²) in [4.78, 5) is 34.3. The van der Waals surface area contributed by atoms with Crippen molar-refractivity contribution >= 4 is 18.0 Å². The third-order valence-electron chi connectivity index (χ3n) is 5.09. The van der Waals surface area contributed by atoms with Gasteiger partial charge in [-0.05, 0) is 12.8 Å². The lowest BCUT2D eigenvalue weighted by Crippen LogP contribution is -2.40. The number of rotatable bonds is 4. The predicted molar refractivity (Wildman–Crippen MR) is 107 cm³/mol. The SMILES string of the molecule is COC(=O)O/N=C(\N)c1ccc(-c2cn(C(=O)N(C)C3CCCCC3)cn2)cc1. The molecule has 0 aliphatic heterocycles. The third kappa shape index (κ3) is 4.92.